The molecule has 0 saturated carbocycles. The number of amides is 1. The molecule has 4 rings (SSSR count). The molecule has 2 aromatic carbocycles. The first kappa shape index (κ1) is 20.0. The van der Waals surface area contributed by atoms with Crippen LogP contribution >= 0.6 is 11.3 Å². The summed E-state index contributed by atoms with van der Waals surface area (Å²) >= 11 is 1.44. The second kappa shape index (κ2) is 7.88. The predicted molar refractivity (Wildman–Crippen MR) is 123 cm³/mol. The smallest absolute Gasteiger partial charge is 0.263 e. The number of fused-ring (bicyclic) bond motifs is 1. The average molecular weight is 418 g/mol. The quantitative estimate of drug-likeness (QED) is 0.508. The van der Waals surface area contributed by atoms with Gasteiger partial charge in [-0.05, 0) is 49.9 Å². The lowest BCUT2D eigenvalue weighted by Crippen LogP contribution is -2.28. The maximum absolute atomic E-state index is 13.2. The Labute approximate surface area is 179 Å². The molecule has 0 radical (unpaired) electrons. The van der Waals surface area contributed by atoms with Gasteiger partial charge in [0.25, 0.3) is 5.56 Å². The van der Waals surface area contributed by atoms with Crippen molar-refractivity contribution < 1.29 is 4.79 Å². The molecule has 0 atom stereocenters. The minimum Gasteiger partial charge on any atom is -0.324 e. The highest BCUT2D eigenvalue weighted by Crippen LogP contribution is 2.33. The molecule has 0 aliphatic carbocycles. The van der Waals surface area contributed by atoms with Gasteiger partial charge in [0.15, 0.2) is 0 Å². The summed E-state index contributed by atoms with van der Waals surface area (Å²) in [5, 5.41) is 5.47. The number of hydrogen-bond acceptors (Lipinski definition) is 4. The molecule has 0 saturated heterocycles. The Hall–Kier alpha value is -3.25. The van der Waals surface area contributed by atoms with Gasteiger partial charge in [0.1, 0.15) is 11.4 Å². The number of hydrogen-bond donors (Lipinski definition) is 1. The lowest BCUT2D eigenvalue weighted by molar-refractivity contribution is -0.116. The van der Waals surface area contributed by atoms with Crippen molar-refractivity contribution in [2.24, 2.45) is 0 Å². The Balaban J connectivity index is 1.70. The maximum atomic E-state index is 13.2. The molecule has 1 N–H and O–H groups in total. The van der Waals surface area contributed by atoms with Gasteiger partial charge < -0.3 is 5.32 Å². The third-order valence-electron chi connectivity index (χ3n) is 5.29. The lowest BCUT2D eigenvalue weighted by atomic mass is 9.99. The summed E-state index contributed by atoms with van der Waals surface area (Å²) in [5.41, 5.74) is 6.73. The highest BCUT2D eigenvalue weighted by atomic mass is 32.1. The number of thiophene rings is 1. The molecule has 2 aromatic heterocycles. The van der Waals surface area contributed by atoms with E-state index in [2.05, 4.69) is 16.4 Å². The van der Waals surface area contributed by atoms with Crippen molar-refractivity contribution in [3.05, 3.63) is 80.7 Å². The molecule has 0 aliphatic rings. The first-order valence-electron chi connectivity index (χ1n) is 9.75. The molecule has 0 spiro atoms. The maximum Gasteiger partial charge on any atom is 0.263 e. The van der Waals surface area contributed by atoms with E-state index >= 15 is 0 Å². The topological polar surface area (TPSA) is 64.0 Å². The van der Waals surface area contributed by atoms with Crippen LogP contribution in [0.2, 0.25) is 0 Å². The van der Waals surface area contributed by atoms with Crippen LogP contribution in [0.15, 0.2) is 52.9 Å². The van der Waals surface area contributed by atoms with Crippen LogP contribution in [0.1, 0.15) is 22.3 Å². The number of nitrogens with one attached hydrogen (secondary N) is 1. The van der Waals surface area contributed by atoms with Gasteiger partial charge in [0.05, 0.1) is 11.7 Å². The van der Waals surface area contributed by atoms with E-state index in [1.54, 1.807) is 0 Å². The van der Waals surface area contributed by atoms with Gasteiger partial charge in [0.2, 0.25) is 5.91 Å². The summed E-state index contributed by atoms with van der Waals surface area (Å²) in [6.07, 6.45) is 1.46. The van der Waals surface area contributed by atoms with Crippen LogP contribution in [-0.4, -0.2) is 15.5 Å². The fraction of sp³-hybridized carbons (Fsp3) is 0.208. The number of benzene rings is 2. The van der Waals surface area contributed by atoms with E-state index in [0.29, 0.717) is 10.2 Å². The Morgan fingerprint density at radius 3 is 2.47 bits per heavy atom. The summed E-state index contributed by atoms with van der Waals surface area (Å²) in [7, 11) is 0. The first-order valence-corrected chi connectivity index (χ1v) is 10.6. The van der Waals surface area contributed by atoms with Gasteiger partial charge in [-0.2, -0.15) is 0 Å². The van der Waals surface area contributed by atoms with E-state index in [-0.39, 0.29) is 18.0 Å². The fourth-order valence-electron chi connectivity index (χ4n) is 3.74. The SMILES string of the molecule is Cc1ccc(-c2csc3ncn(CC(=O)Nc4c(C)cccc4C)c(=O)c23)c(C)c1. The molecule has 2 heterocycles. The normalized spacial score (nSPS) is 11.1. The number of para-hydroxylation sites is 1. The highest BCUT2D eigenvalue weighted by Gasteiger charge is 2.16. The van der Waals surface area contributed by atoms with E-state index < -0.39 is 0 Å². The number of aryl methyl sites for hydroxylation is 4. The number of anilines is 1. The monoisotopic (exact) mass is 417 g/mol. The Kier molecular flexibility index (Phi) is 5.26. The summed E-state index contributed by atoms with van der Waals surface area (Å²) in [6.45, 7) is 7.90. The van der Waals surface area contributed by atoms with E-state index in [0.717, 1.165) is 33.5 Å². The van der Waals surface area contributed by atoms with Crippen molar-refractivity contribution in [3.63, 3.8) is 0 Å². The van der Waals surface area contributed by atoms with Gasteiger partial charge in [0, 0.05) is 16.6 Å². The van der Waals surface area contributed by atoms with Crippen molar-refractivity contribution in [3.8, 4) is 11.1 Å². The predicted octanol–water partition coefficient (Wildman–Crippen LogP) is 5.00. The molecular formula is C24H23N3O2S. The zero-order chi connectivity index (χ0) is 21.4. The van der Waals surface area contributed by atoms with Gasteiger partial charge in [-0.1, -0.05) is 42.0 Å². The van der Waals surface area contributed by atoms with Crippen molar-refractivity contribution in [1.82, 2.24) is 9.55 Å². The molecule has 30 heavy (non-hydrogen) atoms. The van der Waals surface area contributed by atoms with Crippen LogP contribution in [-0.2, 0) is 11.3 Å². The molecule has 0 bridgehead atoms. The van der Waals surface area contributed by atoms with Crippen LogP contribution in [0.4, 0.5) is 5.69 Å². The van der Waals surface area contributed by atoms with Crippen LogP contribution in [0.3, 0.4) is 0 Å². The lowest BCUT2D eigenvalue weighted by Gasteiger charge is -2.12. The molecule has 5 nitrogen and oxygen atoms in total. The molecule has 0 unspecified atom stereocenters. The Bertz CT molecular complexity index is 1310. The minimum absolute atomic E-state index is 0.0856. The largest absolute Gasteiger partial charge is 0.324 e. The van der Waals surface area contributed by atoms with E-state index in [1.807, 2.05) is 63.4 Å². The van der Waals surface area contributed by atoms with E-state index in [9.17, 15) is 9.59 Å². The van der Waals surface area contributed by atoms with Gasteiger partial charge >= 0.3 is 0 Å². The third kappa shape index (κ3) is 3.66. The minimum atomic E-state index is -0.251. The standard InChI is InChI=1S/C24H23N3O2S/c1-14-8-9-18(17(4)10-14)19-12-30-23-21(19)24(29)27(13-25-23)11-20(28)26-22-15(2)6-5-7-16(22)3/h5-10,12-13H,11H2,1-4H3,(H,26,28). The second-order valence-corrected chi connectivity index (χ2v) is 8.50. The summed E-state index contributed by atoms with van der Waals surface area (Å²) in [4.78, 5) is 31.0. The molecule has 0 fully saturated rings. The zero-order valence-electron chi connectivity index (χ0n) is 17.4. The van der Waals surface area contributed by atoms with Crippen LogP contribution < -0.4 is 10.9 Å². The molecule has 152 valence electrons. The Morgan fingerprint density at radius 1 is 1.03 bits per heavy atom. The number of carbonyl (C=O) groups excluding carboxylic acids is 1. The van der Waals surface area contributed by atoms with E-state index in [1.165, 1.54) is 27.8 Å². The van der Waals surface area contributed by atoms with Gasteiger partial charge in [-0.25, -0.2) is 4.98 Å². The molecule has 0 aliphatic heterocycles. The van der Waals surface area contributed by atoms with Crippen LogP contribution in [0.25, 0.3) is 21.3 Å². The van der Waals surface area contributed by atoms with Crippen molar-refractivity contribution in [1.29, 1.82) is 0 Å². The molecule has 1 amide bonds. The number of carbonyl (C=O) groups is 1. The van der Waals surface area contributed by atoms with E-state index in [4.69, 9.17) is 0 Å². The summed E-state index contributed by atoms with van der Waals surface area (Å²) in [6, 6.07) is 12.0. The van der Waals surface area contributed by atoms with Crippen molar-refractivity contribution in [2.45, 2.75) is 34.2 Å². The summed E-state index contributed by atoms with van der Waals surface area (Å²) < 4.78 is 1.38. The number of nitrogens with zero attached hydrogens (tertiary/aromatic N) is 2. The Morgan fingerprint density at radius 2 is 1.77 bits per heavy atom. The molecule has 4 aromatic rings. The highest BCUT2D eigenvalue weighted by molar-refractivity contribution is 7.17. The van der Waals surface area contributed by atoms with Crippen molar-refractivity contribution in [2.75, 3.05) is 5.32 Å². The number of rotatable bonds is 4. The van der Waals surface area contributed by atoms with Gasteiger partial charge in [-0.15, -0.1) is 11.3 Å². The van der Waals surface area contributed by atoms with Crippen LogP contribution in [0, 0.1) is 27.7 Å². The third-order valence-corrected chi connectivity index (χ3v) is 6.18. The first-order chi connectivity index (χ1) is 14.3. The fourth-order valence-corrected chi connectivity index (χ4v) is 4.64. The number of aromatic nitrogens is 2. The van der Waals surface area contributed by atoms with Crippen LogP contribution in [0.5, 0.6) is 0 Å². The zero-order valence-corrected chi connectivity index (χ0v) is 18.3. The average Bonchev–Trinajstić information content (AvgIpc) is 3.12. The summed E-state index contributed by atoms with van der Waals surface area (Å²) in [5.74, 6) is -0.251. The molecular weight excluding hydrogens is 394 g/mol. The second-order valence-electron chi connectivity index (χ2n) is 7.64. The van der Waals surface area contributed by atoms with Gasteiger partial charge in [-0.3, -0.25) is 14.2 Å². The van der Waals surface area contributed by atoms with Crippen molar-refractivity contribution >= 4 is 33.1 Å². The molecule has 6 heteroatoms.